The number of hydrogen-bond donors (Lipinski definition) is 1. The third-order valence-corrected chi connectivity index (χ3v) is 3.66. The molecule has 0 amide bonds. The monoisotopic (exact) mass is 285 g/mol. The molecule has 0 bridgehead atoms. The predicted molar refractivity (Wildman–Crippen MR) is 85.9 cm³/mol. The third-order valence-electron chi connectivity index (χ3n) is 3.66. The molecule has 0 radical (unpaired) electrons. The molecule has 0 aliphatic heterocycles. The number of benzene rings is 1. The van der Waals surface area contributed by atoms with Crippen LogP contribution in [0.1, 0.15) is 37.2 Å². The summed E-state index contributed by atoms with van der Waals surface area (Å²) < 4.78 is 1.84. The van der Waals surface area contributed by atoms with Gasteiger partial charge in [0.2, 0.25) is 5.43 Å². The number of nitrogens with one attached hydrogen (secondary N) is 1. The maximum Gasteiger partial charge on any atom is 0.204 e. The van der Waals surface area contributed by atoms with Gasteiger partial charge in [-0.25, -0.2) is 4.68 Å². The molecule has 4 heteroatoms. The van der Waals surface area contributed by atoms with Gasteiger partial charge in [0.15, 0.2) is 0 Å². The van der Waals surface area contributed by atoms with Crippen molar-refractivity contribution in [3.8, 4) is 5.69 Å². The summed E-state index contributed by atoms with van der Waals surface area (Å²) in [6, 6.07) is 10.1. The highest BCUT2D eigenvalue weighted by Crippen LogP contribution is 2.10. The lowest BCUT2D eigenvalue weighted by Gasteiger charge is -2.14. The Labute approximate surface area is 125 Å². The molecule has 4 nitrogen and oxygen atoms in total. The molecule has 21 heavy (non-hydrogen) atoms. The summed E-state index contributed by atoms with van der Waals surface area (Å²) in [7, 11) is 0. The zero-order valence-electron chi connectivity index (χ0n) is 13.2. The number of rotatable bonds is 5. The summed E-state index contributed by atoms with van der Waals surface area (Å²) >= 11 is 0. The van der Waals surface area contributed by atoms with Crippen LogP contribution in [-0.4, -0.2) is 15.8 Å². The fourth-order valence-corrected chi connectivity index (χ4v) is 2.14. The van der Waals surface area contributed by atoms with Gasteiger partial charge in [-0.3, -0.25) is 4.79 Å². The summed E-state index contributed by atoms with van der Waals surface area (Å²) in [6.07, 6.45) is 1.03. The van der Waals surface area contributed by atoms with E-state index in [1.807, 2.05) is 36.7 Å². The minimum absolute atomic E-state index is 0.00722. The fraction of sp³-hybridized carbons (Fsp3) is 0.412. The van der Waals surface area contributed by atoms with Crippen LogP contribution >= 0.6 is 0 Å². The molecule has 2 rings (SSSR count). The van der Waals surface area contributed by atoms with Crippen molar-refractivity contribution < 1.29 is 0 Å². The van der Waals surface area contributed by atoms with Crippen LogP contribution < -0.4 is 10.7 Å². The first kappa shape index (κ1) is 15.4. The first-order chi connectivity index (χ1) is 10.0. The standard InChI is InChI=1S/C17H23N3O/c1-5-13(3)18-11-16-17(21)10-14(4)20(19-16)15-8-6-7-12(2)9-15/h6-10,13,18H,5,11H2,1-4H3. The molecular formula is C17H23N3O. The minimum atomic E-state index is -0.00722. The van der Waals surface area contributed by atoms with Gasteiger partial charge in [-0.1, -0.05) is 19.1 Å². The molecule has 0 aliphatic carbocycles. The van der Waals surface area contributed by atoms with Gasteiger partial charge in [-0.15, -0.1) is 0 Å². The second-order valence-electron chi connectivity index (χ2n) is 5.54. The molecule has 0 saturated heterocycles. The van der Waals surface area contributed by atoms with E-state index in [9.17, 15) is 4.79 Å². The number of hydrogen-bond acceptors (Lipinski definition) is 3. The van der Waals surface area contributed by atoms with E-state index in [2.05, 4.69) is 30.3 Å². The molecule has 2 aromatic rings. The predicted octanol–water partition coefficient (Wildman–Crippen LogP) is 2.74. The zero-order valence-corrected chi connectivity index (χ0v) is 13.2. The summed E-state index contributed by atoms with van der Waals surface area (Å²) in [5.74, 6) is 0. The SMILES string of the molecule is CCC(C)NCc1nn(-c2cccc(C)c2)c(C)cc1=O. The molecule has 1 unspecified atom stereocenters. The Morgan fingerprint density at radius 3 is 2.71 bits per heavy atom. The van der Waals surface area contributed by atoms with E-state index in [-0.39, 0.29) is 5.43 Å². The molecule has 0 saturated carbocycles. The molecule has 1 atom stereocenters. The minimum Gasteiger partial charge on any atom is -0.308 e. The van der Waals surface area contributed by atoms with Crippen molar-refractivity contribution in [2.75, 3.05) is 0 Å². The largest absolute Gasteiger partial charge is 0.308 e. The van der Waals surface area contributed by atoms with E-state index in [1.165, 1.54) is 5.56 Å². The lowest BCUT2D eigenvalue weighted by molar-refractivity contribution is 0.521. The topological polar surface area (TPSA) is 46.9 Å². The van der Waals surface area contributed by atoms with Crippen molar-refractivity contribution >= 4 is 0 Å². The van der Waals surface area contributed by atoms with Gasteiger partial charge < -0.3 is 5.32 Å². The maximum absolute atomic E-state index is 12.1. The highest BCUT2D eigenvalue weighted by molar-refractivity contribution is 5.36. The molecule has 0 spiro atoms. The molecule has 1 aromatic heterocycles. The van der Waals surface area contributed by atoms with Crippen LogP contribution in [0, 0.1) is 13.8 Å². The Morgan fingerprint density at radius 2 is 2.05 bits per heavy atom. The van der Waals surface area contributed by atoms with Crippen molar-refractivity contribution in [1.82, 2.24) is 15.1 Å². The first-order valence-corrected chi connectivity index (χ1v) is 7.41. The van der Waals surface area contributed by atoms with Gasteiger partial charge >= 0.3 is 0 Å². The van der Waals surface area contributed by atoms with Crippen LogP contribution in [0.3, 0.4) is 0 Å². The summed E-state index contributed by atoms with van der Waals surface area (Å²) in [4.78, 5) is 12.1. The highest BCUT2D eigenvalue weighted by atomic mass is 16.1. The van der Waals surface area contributed by atoms with Gasteiger partial charge in [0.25, 0.3) is 0 Å². The van der Waals surface area contributed by atoms with E-state index in [0.717, 1.165) is 17.8 Å². The zero-order chi connectivity index (χ0) is 15.4. The molecule has 1 heterocycles. The van der Waals surface area contributed by atoms with Crippen LogP contribution in [0.15, 0.2) is 35.1 Å². The van der Waals surface area contributed by atoms with Gasteiger partial charge in [-0.05, 0) is 44.9 Å². The number of aromatic nitrogens is 2. The van der Waals surface area contributed by atoms with E-state index in [0.29, 0.717) is 18.3 Å². The molecule has 112 valence electrons. The molecule has 0 aliphatic rings. The molecular weight excluding hydrogens is 262 g/mol. The van der Waals surface area contributed by atoms with Crippen molar-refractivity contribution in [3.63, 3.8) is 0 Å². The van der Waals surface area contributed by atoms with Crippen molar-refractivity contribution in [1.29, 1.82) is 0 Å². The van der Waals surface area contributed by atoms with Crippen LogP contribution in [0.25, 0.3) is 5.69 Å². The second-order valence-corrected chi connectivity index (χ2v) is 5.54. The Morgan fingerprint density at radius 1 is 1.29 bits per heavy atom. The van der Waals surface area contributed by atoms with Crippen molar-refractivity contribution in [2.45, 2.75) is 46.7 Å². The summed E-state index contributed by atoms with van der Waals surface area (Å²) in [6.45, 7) is 8.67. The number of nitrogens with zero attached hydrogens (tertiary/aromatic N) is 2. The van der Waals surface area contributed by atoms with Crippen LogP contribution in [0.2, 0.25) is 0 Å². The molecule has 0 fully saturated rings. The Bertz CT molecular complexity index is 676. The molecule has 1 aromatic carbocycles. The van der Waals surface area contributed by atoms with Gasteiger partial charge in [0.05, 0.1) is 5.69 Å². The van der Waals surface area contributed by atoms with E-state index in [4.69, 9.17) is 0 Å². The Hall–Kier alpha value is -1.94. The summed E-state index contributed by atoms with van der Waals surface area (Å²) in [5, 5.41) is 7.85. The lowest BCUT2D eigenvalue weighted by Crippen LogP contribution is -2.29. The van der Waals surface area contributed by atoms with Crippen LogP contribution in [-0.2, 0) is 6.54 Å². The van der Waals surface area contributed by atoms with Crippen molar-refractivity contribution in [2.24, 2.45) is 0 Å². The second kappa shape index (κ2) is 6.68. The smallest absolute Gasteiger partial charge is 0.204 e. The summed E-state index contributed by atoms with van der Waals surface area (Å²) in [5.41, 5.74) is 3.55. The normalized spacial score (nSPS) is 12.4. The quantitative estimate of drug-likeness (QED) is 0.919. The average molecular weight is 285 g/mol. The number of aryl methyl sites for hydroxylation is 2. The van der Waals surface area contributed by atoms with Gasteiger partial charge in [0.1, 0.15) is 5.69 Å². The third kappa shape index (κ3) is 3.79. The maximum atomic E-state index is 12.1. The Kier molecular flexibility index (Phi) is 4.91. The first-order valence-electron chi connectivity index (χ1n) is 7.41. The van der Waals surface area contributed by atoms with E-state index in [1.54, 1.807) is 6.07 Å². The van der Waals surface area contributed by atoms with Crippen LogP contribution in [0.5, 0.6) is 0 Å². The van der Waals surface area contributed by atoms with Crippen LogP contribution in [0.4, 0.5) is 0 Å². The van der Waals surface area contributed by atoms with E-state index < -0.39 is 0 Å². The van der Waals surface area contributed by atoms with Gasteiger partial charge in [-0.2, -0.15) is 5.10 Å². The fourth-order valence-electron chi connectivity index (χ4n) is 2.14. The average Bonchev–Trinajstić information content (AvgIpc) is 2.46. The molecule has 1 N–H and O–H groups in total. The Balaban J connectivity index is 2.36. The lowest BCUT2D eigenvalue weighted by atomic mass is 10.2. The van der Waals surface area contributed by atoms with Crippen molar-refractivity contribution in [3.05, 3.63) is 57.5 Å². The van der Waals surface area contributed by atoms with E-state index >= 15 is 0 Å². The highest BCUT2D eigenvalue weighted by Gasteiger charge is 2.08. The van der Waals surface area contributed by atoms with Gasteiger partial charge in [0, 0.05) is 24.3 Å².